The molecule has 118 valence electrons. The Kier molecular flexibility index (Phi) is 5.15. The molecule has 0 aliphatic rings. The van der Waals surface area contributed by atoms with E-state index in [-0.39, 0.29) is 6.04 Å². The largest absolute Gasteiger partial charge is 0.481 e. The first kappa shape index (κ1) is 16.5. The molecule has 0 aliphatic carbocycles. The fourth-order valence-corrected chi connectivity index (χ4v) is 2.66. The van der Waals surface area contributed by atoms with Crippen LogP contribution in [0.15, 0.2) is 47.5 Å². The minimum Gasteiger partial charge on any atom is -0.481 e. The topological polar surface area (TPSA) is 68.3 Å². The molecule has 6 heteroatoms. The van der Waals surface area contributed by atoms with Crippen molar-refractivity contribution in [3.63, 3.8) is 0 Å². The molecule has 22 heavy (non-hydrogen) atoms. The number of hydrogen-bond acceptors (Lipinski definition) is 5. The molecular formula is C16H20N2O3S. The monoisotopic (exact) mass is 320 g/mol. The number of hydrogen-bond donors (Lipinski definition) is 1. The Bertz CT molecular complexity index is 710. The maximum atomic E-state index is 11.4. The number of pyridine rings is 1. The maximum absolute atomic E-state index is 11.4. The average Bonchev–Trinajstić information content (AvgIpc) is 2.52. The van der Waals surface area contributed by atoms with Gasteiger partial charge in [-0.15, -0.1) is 0 Å². The van der Waals surface area contributed by atoms with Crippen molar-refractivity contribution in [2.24, 2.45) is 0 Å². The molecule has 0 bridgehead atoms. The number of benzene rings is 1. The van der Waals surface area contributed by atoms with Gasteiger partial charge < -0.3 is 10.1 Å². The van der Waals surface area contributed by atoms with E-state index in [0.29, 0.717) is 17.3 Å². The summed E-state index contributed by atoms with van der Waals surface area (Å²) in [6.45, 7) is 2.71. The molecule has 0 spiro atoms. The summed E-state index contributed by atoms with van der Waals surface area (Å²) >= 11 is 0. The summed E-state index contributed by atoms with van der Waals surface area (Å²) in [4.78, 5) is 4.49. The summed E-state index contributed by atoms with van der Waals surface area (Å²) in [5.74, 6) is 0.591. The molecule has 0 unspecified atom stereocenters. The van der Waals surface area contributed by atoms with Crippen LogP contribution in [0.5, 0.6) is 5.88 Å². The number of nitrogens with zero attached hydrogens (tertiary/aromatic N) is 1. The second-order valence-corrected chi connectivity index (χ2v) is 7.17. The Morgan fingerprint density at radius 1 is 1.18 bits per heavy atom. The van der Waals surface area contributed by atoms with Gasteiger partial charge in [-0.1, -0.05) is 18.2 Å². The standard InChI is InChI=1S/C16H20N2O3S/c1-12(14-5-7-15(8-6-14)22(3,19)20)17-10-13-4-9-16(21-2)18-11-13/h4-9,11-12,17H,10H2,1-3H3/t12-/m0/s1. The summed E-state index contributed by atoms with van der Waals surface area (Å²) in [5.41, 5.74) is 2.09. The SMILES string of the molecule is COc1ccc(CN[C@@H](C)c2ccc(S(C)(=O)=O)cc2)cn1. The van der Waals surface area contributed by atoms with E-state index in [2.05, 4.69) is 10.3 Å². The summed E-state index contributed by atoms with van der Waals surface area (Å²) in [6.07, 6.45) is 2.98. The van der Waals surface area contributed by atoms with Crippen LogP contribution in [0.25, 0.3) is 0 Å². The van der Waals surface area contributed by atoms with Gasteiger partial charge in [-0.3, -0.25) is 0 Å². The quantitative estimate of drug-likeness (QED) is 0.885. The van der Waals surface area contributed by atoms with Gasteiger partial charge in [-0.25, -0.2) is 13.4 Å². The van der Waals surface area contributed by atoms with E-state index in [1.54, 1.807) is 25.4 Å². The van der Waals surface area contributed by atoms with E-state index >= 15 is 0 Å². The first-order chi connectivity index (χ1) is 10.4. The molecule has 0 radical (unpaired) electrons. The van der Waals surface area contributed by atoms with E-state index in [1.807, 2.05) is 31.2 Å². The van der Waals surface area contributed by atoms with Gasteiger partial charge in [0, 0.05) is 31.1 Å². The molecule has 0 saturated heterocycles. The number of rotatable bonds is 6. The van der Waals surface area contributed by atoms with E-state index in [1.165, 1.54) is 6.26 Å². The summed E-state index contributed by atoms with van der Waals surface area (Å²) < 4.78 is 27.9. The van der Waals surface area contributed by atoms with Crippen LogP contribution in [0, 0.1) is 0 Å². The molecule has 1 aromatic heterocycles. The van der Waals surface area contributed by atoms with Gasteiger partial charge in [0.2, 0.25) is 5.88 Å². The fourth-order valence-electron chi connectivity index (χ4n) is 2.03. The molecular weight excluding hydrogens is 300 g/mol. The van der Waals surface area contributed by atoms with Crippen LogP contribution in [-0.4, -0.2) is 26.8 Å². The minimum atomic E-state index is -3.15. The van der Waals surface area contributed by atoms with Gasteiger partial charge in [0.05, 0.1) is 12.0 Å². The summed E-state index contributed by atoms with van der Waals surface area (Å²) in [6, 6.07) is 10.8. The average molecular weight is 320 g/mol. The van der Waals surface area contributed by atoms with Crippen LogP contribution >= 0.6 is 0 Å². The molecule has 2 rings (SSSR count). The lowest BCUT2D eigenvalue weighted by Gasteiger charge is -2.14. The third-order valence-corrected chi connectivity index (χ3v) is 4.56. The number of sulfone groups is 1. The molecule has 5 nitrogen and oxygen atoms in total. The van der Waals surface area contributed by atoms with E-state index in [9.17, 15) is 8.42 Å². The second kappa shape index (κ2) is 6.89. The first-order valence-corrected chi connectivity index (χ1v) is 8.81. The lowest BCUT2D eigenvalue weighted by atomic mass is 10.1. The number of aromatic nitrogens is 1. The zero-order chi connectivity index (χ0) is 16.2. The minimum absolute atomic E-state index is 0.107. The van der Waals surface area contributed by atoms with E-state index in [0.717, 1.165) is 11.1 Å². The molecule has 0 amide bonds. The zero-order valence-corrected chi connectivity index (χ0v) is 13.7. The number of nitrogens with one attached hydrogen (secondary N) is 1. The van der Waals surface area contributed by atoms with Crippen molar-refractivity contribution in [1.29, 1.82) is 0 Å². The van der Waals surface area contributed by atoms with Crippen molar-refractivity contribution in [3.05, 3.63) is 53.7 Å². The highest BCUT2D eigenvalue weighted by Crippen LogP contribution is 2.17. The maximum Gasteiger partial charge on any atom is 0.212 e. The summed E-state index contributed by atoms with van der Waals surface area (Å²) in [7, 11) is -1.56. The Balaban J connectivity index is 1.98. The molecule has 1 heterocycles. The van der Waals surface area contributed by atoms with Crippen LogP contribution < -0.4 is 10.1 Å². The number of methoxy groups -OCH3 is 1. The lowest BCUT2D eigenvalue weighted by molar-refractivity contribution is 0.397. The van der Waals surface area contributed by atoms with Gasteiger partial charge in [0.25, 0.3) is 0 Å². The Morgan fingerprint density at radius 3 is 2.36 bits per heavy atom. The van der Waals surface area contributed by atoms with Crippen LogP contribution in [0.3, 0.4) is 0 Å². The van der Waals surface area contributed by atoms with Gasteiger partial charge in [-0.05, 0) is 30.2 Å². The smallest absolute Gasteiger partial charge is 0.212 e. The van der Waals surface area contributed by atoms with Gasteiger partial charge in [0.15, 0.2) is 9.84 Å². The first-order valence-electron chi connectivity index (χ1n) is 6.92. The molecule has 1 N–H and O–H groups in total. The van der Waals surface area contributed by atoms with Crippen LogP contribution in [0.4, 0.5) is 0 Å². The van der Waals surface area contributed by atoms with E-state index in [4.69, 9.17) is 4.74 Å². The third kappa shape index (κ3) is 4.29. The van der Waals surface area contributed by atoms with Crippen molar-refractivity contribution in [1.82, 2.24) is 10.3 Å². The van der Waals surface area contributed by atoms with Crippen molar-refractivity contribution in [2.75, 3.05) is 13.4 Å². The van der Waals surface area contributed by atoms with Crippen LogP contribution in [0.2, 0.25) is 0 Å². The van der Waals surface area contributed by atoms with Crippen LogP contribution in [0.1, 0.15) is 24.1 Å². The van der Waals surface area contributed by atoms with Crippen LogP contribution in [-0.2, 0) is 16.4 Å². The number of ether oxygens (including phenoxy) is 1. The Morgan fingerprint density at radius 2 is 1.86 bits per heavy atom. The normalized spacial score (nSPS) is 12.9. The predicted octanol–water partition coefficient (Wildman–Crippen LogP) is 2.34. The molecule has 1 atom stereocenters. The van der Waals surface area contributed by atoms with Gasteiger partial charge in [0.1, 0.15) is 0 Å². The van der Waals surface area contributed by atoms with Gasteiger partial charge in [-0.2, -0.15) is 0 Å². The fraction of sp³-hybridized carbons (Fsp3) is 0.312. The molecule has 1 aromatic carbocycles. The Labute approximate surface area is 131 Å². The van der Waals surface area contributed by atoms with Crippen molar-refractivity contribution < 1.29 is 13.2 Å². The summed E-state index contributed by atoms with van der Waals surface area (Å²) in [5, 5.41) is 3.38. The highest BCUT2D eigenvalue weighted by atomic mass is 32.2. The lowest BCUT2D eigenvalue weighted by Crippen LogP contribution is -2.18. The van der Waals surface area contributed by atoms with Crippen molar-refractivity contribution in [3.8, 4) is 5.88 Å². The molecule has 2 aromatic rings. The highest BCUT2D eigenvalue weighted by molar-refractivity contribution is 7.90. The highest BCUT2D eigenvalue weighted by Gasteiger charge is 2.09. The molecule has 0 saturated carbocycles. The van der Waals surface area contributed by atoms with Gasteiger partial charge >= 0.3 is 0 Å². The van der Waals surface area contributed by atoms with Crippen molar-refractivity contribution >= 4 is 9.84 Å². The zero-order valence-electron chi connectivity index (χ0n) is 12.9. The third-order valence-electron chi connectivity index (χ3n) is 3.43. The Hall–Kier alpha value is -1.92. The van der Waals surface area contributed by atoms with E-state index < -0.39 is 9.84 Å². The molecule has 0 fully saturated rings. The van der Waals surface area contributed by atoms with Crippen molar-refractivity contribution in [2.45, 2.75) is 24.4 Å². The molecule has 0 aliphatic heterocycles. The predicted molar refractivity (Wildman–Crippen MR) is 85.6 cm³/mol. The second-order valence-electron chi connectivity index (χ2n) is 5.15.